The highest BCUT2D eigenvalue weighted by Crippen LogP contribution is 2.24. The second-order valence-electron chi connectivity index (χ2n) is 4.79. The monoisotopic (exact) mass is 364 g/mol. The molecule has 0 spiro atoms. The van der Waals surface area contributed by atoms with Gasteiger partial charge in [-0.05, 0) is 31.2 Å². The fourth-order valence-corrected chi connectivity index (χ4v) is 1.84. The highest BCUT2D eigenvalue weighted by atomic mass is 16.5. The lowest BCUT2D eigenvalue weighted by Gasteiger charge is -2.05. The van der Waals surface area contributed by atoms with Crippen LogP contribution in [0.1, 0.15) is 27.6 Å². The number of phenolic OH excluding ortho intramolecular Hbond substituents is 1. The van der Waals surface area contributed by atoms with Crippen LogP contribution in [0.4, 0.5) is 0 Å². The van der Waals surface area contributed by atoms with Gasteiger partial charge in [0, 0.05) is 12.1 Å². The number of benzene rings is 2. The van der Waals surface area contributed by atoms with Crippen molar-refractivity contribution >= 4 is 11.9 Å². The number of carboxylic acids is 1. The zero-order valence-electron chi connectivity index (χ0n) is 14.6. The fraction of sp³-hybridized carbons (Fsp3) is 0.222. The van der Waals surface area contributed by atoms with Crippen molar-refractivity contribution in [2.75, 3.05) is 20.8 Å². The number of phenols is 2. The van der Waals surface area contributed by atoms with Crippen molar-refractivity contribution < 1.29 is 39.1 Å². The Morgan fingerprint density at radius 2 is 1.35 bits per heavy atom. The van der Waals surface area contributed by atoms with Gasteiger partial charge < -0.3 is 29.5 Å². The van der Waals surface area contributed by atoms with Crippen LogP contribution in [0.25, 0.3) is 0 Å². The van der Waals surface area contributed by atoms with Gasteiger partial charge in [0.25, 0.3) is 0 Å². The second-order valence-corrected chi connectivity index (χ2v) is 4.79. The summed E-state index contributed by atoms with van der Waals surface area (Å²) in [6.07, 6.45) is 0. The Kier molecular flexibility index (Phi) is 7.75. The first-order valence-corrected chi connectivity index (χ1v) is 7.48. The Labute approximate surface area is 150 Å². The van der Waals surface area contributed by atoms with E-state index in [2.05, 4.69) is 0 Å². The van der Waals surface area contributed by atoms with E-state index in [0.717, 1.165) is 0 Å². The van der Waals surface area contributed by atoms with Crippen LogP contribution in [0.15, 0.2) is 36.4 Å². The Morgan fingerprint density at radius 3 is 1.69 bits per heavy atom. The summed E-state index contributed by atoms with van der Waals surface area (Å²) in [5.41, 5.74) is 0.0171. The smallest absolute Gasteiger partial charge is 0.341 e. The van der Waals surface area contributed by atoms with Gasteiger partial charge in [-0.1, -0.05) is 0 Å². The van der Waals surface area contributed by atoms with Crippen molar-refractivity contribution in [3.8, 4) is 23.0 Å². The van der Waals surface area contributed by atoms with E-state index < -0.39 is 11.9 Å². The van der Waals surface area contributed by atoms with Crippen molar-refractivity contribution in [1.29, 1.82) is 0 Å². The van der Waals surface area contributed by atoms with E-state index in [4.69, 9.17) is 24.4 Å². The highest BCUT2D eigenvalue weighted by Gasteiger charge is 2.12. The lowest BCUT2D eigenvalue weighted by Crippen LogP contribution is -2.04. The minimum atomic E-state index is -1.16. The summed E-state index contributed by atoms with van der Waals surface area (Å²) in [7, 11) is 2.92. The molecule has 0 saturated carbocycles. The van der Waals surface area contributed by atoms with Crippen molar-refractivity contribution in [2.45, 2.75) is 6.92 Å². The predicted molar refractivity (Wildman–Crippen MR) is 92.2 cm³/mol. The Balaban J connectivity index is 0.000000263. The van der Waals surface area contributed by atoms with Gasteiger partial charge >= 0.3 is 11.9 Å². The molecular formula is C18H20O8. The molecule has 2 rings (SSSR count). The summed E-state index contributed by atoms with van der Waals surface area (Å²) >= 11 is 0. The van der Waals surface area contributed by atoms with Crippen molar-refractivity contribution in [1.82, 2.24) is 0 Å². The quantitative estimate of drug-likeness (QED) is 0.692. The average Bonchev–Trinajstić information content (AvgIpc) is 2.61. The van der Waals surface area contributed by atoms with Crippen molar-refractivity contribution in [3.05, 3.63) is 47.5 Å². The number of aromatic hydroxyl groups is 2. The molecule has 8 heteroatoms. The number of rotatable bonds is 5. The predicted octanol–water partition coefficient (Wildman–Crippen LogP) is 2.68. The van der Waals surface area contributed by atoms with E-state index in [1.165, 1.54) is 44.6 Å². The van der Waals surface area contributed by atoms with E-state index in [9.17, 15) is 14.7 Å². The van der Waals surface area contributed by atoms with Crippen LogP contribution in [-0.4, -0.2) is 48.1 Å². The maximum atomic E-state index is 11.2. The highest BCUT2D eigenvalue weighted by molar-refractivity contribution is 5.92. The molecule has 0 aliphatic heterocycles. The van der Waals surface area contributed by atoms with E-state index >= 15 is 0 Å². The minimum absolute atomic E-state index is 0.129. The topological polar surface area (TPSA) is 123 Å². The van der Waals surface area contributed by atoms with Gasteiger partial charge in [0.05, 0.1) is 20.8 Å². The van der Waals surface area contributed by atoms with E-state index in [-0.39, 0.29) is 29.2 Å². The Hall–Kier alpha value is -3.42. The molecule has 0 fully saturated rings. The summed E-state index contributed by atoms with van der Waals surface area (Å²) in [5, 5.41) is 27.1. The Bertz CT molecular complexity index is 770. The molecule has 26 heavy (non-hydrogen) atoms. The summed E-state index contributed by atoms with van der Waals surface area (Å²) in [6.45, 7) is 1.99. The molecule has 0 amide bonds. The van der Waals surface area contributed by atoms with E-state index in [1.807, 2.05) is 0 Å². The summed E-state index contributed by atoms with van der Waals surface area (Å²) in [5.74, 6) is -1.19. The number of carbonyl (C=O) groups excluding carboxylic acids is 1. The van der Waals surface area contributed by atoms with Crippen LogP contribution in [0.5, 0.6) is 23.0 Å². The molecule has 8 nitrogen and oxygen atoms in total. The normalized spacial score (nSPS) is 9.50. The lowest BCUT2D eigenvalue weighted by atomic mass is 10.2. The number of hydrogen-bond donors (Lipinski definition) is 3. The van der Waals surface area contributed by atoms with Gasteiger partial charge in [0.15, 0.2) is 0 Å². The molecule has 0 saturated heterocycles. The van der Waals surface area contributed by atoms with Crippen LogP contribution in [-0.2, 0) is 4.74 Å². The second kappa shape index (κ2) is 9.77. The van der Waals surface area contributed by atoms with Crippen LogP contribution in [0, 0.1) is 0 Å². The standard InChI is InChI=1S/C10H12O4.C8H8O4/c1-3-14-10(12)8-5-4-7(13-2)6-9(8)11;1-12-5-2-3-6(8(10)11)7(9)4-5/h4-6,11H,3H2,1-2H3;2-4,9H,1H3,(H,10,11). The zero-order chi connectivity index (χ0) is 19.7. The summed E-state index contributed by atoms with van der Waals surface area (Å²) in [4.78, 5) is 21.7. The first-order valence-electron chi connectivity index (χ1n) is 7.48. The maximum Gasteiger partial charge on any atom is 0.341 e. The van der Waals surface area contributed by atoms with Crippen molar-refractivity contribution in [2.24, 2.45) is 0 Å². The molecule has 0 atom stereocenters. The molecule has 0 bridgehead atoms. The largest absolute Gasteiger partial charge is 0.507 e. The number of carboxylic acid groups (broad SMARTS) is 1. The van der Waals surface area contributed by atoms with Gasteiger partial charge in [0.1, 0.15) is 34.1 Å². The molecule has 0 aliphatic rings. The summed E-state index contributed by atoms with van der Waals surface area (Å²) in [6, 6.07) is 8.44. The first kappa shape index (κ1) is 20.6. The molecule has 0 unspecified atom stereocenters. The van der Waals surface area contributed by atoms with Crippen LogP contribution in [0.2, 0.25) is 0 Å². The van der Waals surface area contributed by atoms with E-state index in [1.54, 1.807) is 13.0 Å². The summed E-state index contributed by atoms with van der Waals surface area (Å²) < 4.78 is 14.4. The van der Waals surface area contributed by atoms with Crippen LogP contribution in [0.3, 0.4) is 0 Å². The fourth-order valence-electron chi connectivity index (χ4n) is 1.84. The average molecular weight is 364 g/mol. The van der Waals surface area contributed by atoms with Crippen LogP contribution < -0.4 is 9.47 Å². The van der Waals surface area contributed by atoms with E-state index in [0.29, 0.717) is 11.5 Å². The minimum Gasteiger partial charge on any atom is -0.507 e. The molecule has 0 radical (unpaired) electrons. The molecular weight excluding hydrogens is 344 g/mol. The van der Waals surface area contributed by atoms with Gasteiger partial charge in [-0.2, -0.15) is 0 Å². The van der Waals surface area contributed by atoms with Gasteiger partial charge in [-0.15, -0.1) is 0 Å². The molecule has 2 aromatic carbocycles. The number of hydrogen-bond acceptors (Lipinski definition) is 7. The zero-order valence-corrected chi connectivity index (χ0v) is 14.6. The number of aromatic carboxylic acids is 1. The number of methoxy groups -OCH3 is 2. The molecule has 140 valence electrons. The molecule has 0 aliphatic carbocycles. The van der Waals surface area contributed by atoms with Crippen molar-refractivity contribution in [3.63, 3.8) is 0 Å². The molecule has 0 aromatic heterocycles. The lowest BCUT2D eigenvalue weighted by molar-refractivity contribution is 0.0522. The van der Waals surface area contributed by atoms with Gasteiger partial charge in [-0.25, -0.2) is 9.59 Å². The molecule has 0 heterocycles. The Morgan fingerprint density at radius 1 is 0.885 bits per heavy atom. The van der Waals surface area contributed by atoms with Crippen LogP contribution >= 0.6 is 0 Å². The van der Waals surface area contributed by atoms with Gasteiger partial charge in [0.2, 0.25) is 0 Å². The first-order chi connectivity index (χ1) is 12.3. The van der Waals surface area contributed by atoms with Gasteiger partial charge in [-0.3, -0.25) is 0 Å². The number of esters is 1. The number of carbonyl (C=O) groups is 2. The molecule has 3 N–H and O–H groups in total. The maximum absolute atomic E-state index is 11.2. The third-order valence-corrected chi connectivity index (χ3v) is 3.14. The molecule has 2 aromatic rings. The number of ether oxygens (including phenoxy) is 3. The third-order valence-electron chi connectivity index (χ3n) is 3.14. The third kappa shape index (κ3) is 5.59. The SMILES string of the molecule is CCOC(=O)c1ccc(OC)cc1O.COc1ccc(C(=O)O)c(O)c1.